The molecule has 0 aliphatic heterocycles. The van der Waals surface area contributed by atoms with E-state index in [-0.39, 0.29) is 0 Å². The van der Waals surface area contributed by atoms with E-state index in [4.69, 9.17) is 5.73 Å². The summed E-state index contributed by atoms with van der Waals surface area (Å²) in [6, 6.07) is 14.7. The molecule has 3 aromatic rings. The number of benzene rings is 2. The Morgan fingerprint density at radius 2 is 1.95 bits per heavy atom. The zero-order valence-corrected chi connectivity index (χ0v) is 11.5. The Morgan fingerprint density at radius 1 is 1.16 bits per heavy atom. The van der Waals surface area contributed by atoms with Crippen molar-refractivity contribution in [3.63, 3.8) is 0 Å². The van der Waals surface area contributed by atoms with Gasteiger partial charge in [-0.15, -0.1) is 0 Å². The van der Waals surface area contributed by atoms with E-state index in [0.29, 0.717) is 0 Å². The summed E-state index contributed by atoms with van der Waals surface area (Å²) in [6.07, 6.45) is 1.72. The number of thiazole rings is 1. The van der Waals surface area contributed by atoms with Gasteiger partial charge in [0.1, 0.15) is 5.00 Å². The van der Waals surface area contributed by atoms with Gasteiger partial charge >= 0.3 is 0 Å². The molecule has 0 atom stereocenters. The lowest BCUT2D eigenvalue weighted by Crippen LogP contribution is -2.15. The van der Waals surface area contributed by atoms with E-state index < -0.39 is 0 Å². The van der Waals surface area contributed by atoms with Gasteiger partial charge in [-0.3, -0.25) is 0 Å². The van der Waals surface area contributed by atoms with E-state index in [1.54, 1.807) is 6.20 Å². The van der Waals surface area contributed by atoms with Gasteiger partial charge < -0.3 is 10.6 Å². The molecule has 96 valence electrons. The summed E-state index contributed by atoms with van der Waals surface area (Å²) in [7, 11) is 0. The van der Waals surface area contributed by atoms with Crippen molar-refractivity contribution >= 4 is 37.9 Å². The van der Waals surface area contributed by atoms with Crippen LogP contribution in [0.3, 0.4) is 0 Å². The molecule has 1 heterocycles. The van der Waals surface area contributed by atoms with Crippen LogP contribution in [0, 0.1) is 0 Å². The summed E-state index contributed by atoms with van der Waals surface area (Å²) in [5.74, 6) is 0. The van der Waals surface area contributed by atoms with Crippen LogP contribution >= 0.6 is 11.3 Å². The minimum atomic E-state index is 0.744. The van der Waals surface area contributed by atoms with E-state index in [9.17, 15) is 0 Å². The van der Waals surface area contributed by atoms with E-state index in [1.165, 1.54) is 27.8 Å². The molecule has 0 fully saturated rings. The van der Waals surface area contributed by atoms with Crippen LogP contribution in [0.15, 0.2) is 48.7 Å². The number of anilines is 3. The van der Waals surface area contributed by atoms with Gasteiger partial charge in [0.05, 0.1) is 11.9 Å². The predicted molar refractivity (Wildman–Crippen MR) is 83.2 cm³/mol. The Hall–Kier alpha value is -2.07. The monoisotopic (exact) mass is 269 g/mol. The summed E-state index contributed by atoms with van der Waals surface area (Å²) >= 11 is 1.52. The Balaban J connectivity index is 2.16. The number of aromatic nitrogens is 1. The van der Waals surface area contributed by atoms with Crippen LogP contribution in [0.5, 0.6) is 0 Å². The standard InChI is InChI=1S/C15H15N3S/c1-2-18(15-17-10-14(16)19-15)13-9-5-7-11-6-3-4-8-12(11)13/h3-10H,2,16H2,1H3. The molecule has 0 saturated carbocycles. The molecule has 0 aliphatic carbocycles. The SMILES string of the molecule is CCN(c1ncc(N)s1)c1cccc2ccccc12. The summed E-state index contributed by atoms with van der Waals surface area (Å²) < 4.78 is 0. The van der Waals surface area contributed by atoms with E-state index in [2.05, 4.69) is 59.3 Å². The minimum absolute atomic E-state index is 0.744. The third-order valence-electron chi connectivity index (χ3n) is 3.12. The number of fused-ring (bicyclic) bond motifs is 1. The number of nitrogen functional groups attached to an aromatic ring is 1. The second kappa shape index (κ2) is 4.90. The maximum Gasteiger partial charge on any atom is 0.191 e. The number of nitrogens with zero attached hydrogens (tertiary/aromatic N) is 2. The molecular weight excluding hydrogens is 254 g/mol. The highest BCUT2D eigenvalue weighted by atomic mass is 32.1. The van der Waals surface area contributed by atoms with Crippen LogP contribution in [-0.4, -0.2) is 11.5 Å². The molecule has 3 rings (SSSR count). The zero-order chi connectivity index (χ0) is 13.2. The third kappa shape index (κ3) is 2.15. The third-order valence-corrected chi connectivity index (χ3v) is 3.97. The van der Waals surface area contributed by atoms with Crippen molar-refractivity contribution < 1.29 is 0 Å². The summed E-state index contributed by atoms with van der Waals surface area (Å²) in [5, 5.41) is 4.16. The number of hydrogen-bond acceptors (Lipinski definition) is 4. The summed E-state index contributed by atoms with van der Waals surface area (Å²) in [4.78, 5) is 6.59. The predicted octanol–water partition coefficient (Wildman–Crippen LogP) is 4.04. The fourth-order valence-electron chi connectivity index (χ4n) is 2.25. The van der Waals surface area contributed by atoms with Crippen LogP contribution in [-0.2, 0) is 0 Å². The van der Waals surface area contributed by atoms with Gasteiger partial charge in [-0.1, -0.05) is 47.7 Å². The number of nitrogens with two attached hydrogens (primary N) is 1. The molecule has 1 aromatic heterocycles. The van der Waals surface area contributed by atoms with Crippen LogP contribution < -0.4 is 10.6 Å². The zero-order valence-electron chi connectivity index (χ0n) is 10.7. The molecule has 3 nitrogen and oxygen atoms in total. The molecule has 4 heteroatoms. The first-order chi connectivity index (χ1) is 9.29. The quantitative estimate of drug-likeness (QED) is 0.780. The van der Waals surface area contributed by atoms with Crippen LogP contribution in [0.1, 0.15) is 6.92 Å². The van der Waals surface area contributed by atoms with Crippen molar-refractivity contribution in [1.29, 1.82) is 0 Å². The first-order valence-electron chi connectivity index (χ1n) is 6.26. The second-order valence-electron chi connectivity index (χ2n) is 4.29. The van der Waals surface area contributed by atoms with Gasteiger partial charge in [0, 0.05) is 11.9 Å². The average molecular weight is 269 g/mol. The molecule has 2 N–H and O–H groups in total. The largest absolute Gasteiger partial charge is 0.389 e. The molecule has 0 bridgehead atoms. The van der Waals surface area contributed by atoms with Gasteiger partial charge in [0.25, 0.3) is 0 Å². The molecule has 0 radical (unpaired) electrons. The van der Waals surface area contributed by atoms with Gasteiger partial charge in [0.2, 0.25) is 0 Å². The Bertz CT molecular complexity index is 700. The van der Waals surface area contributed by atoms with Crippen molar-refractivity contribution in [2.24, 2.45) is 0 Å². The van der Waals surface area contributed by atoms with Crippen molar-refractivity contribution in [2.45, 2.75) is 6.92 Å². The van der Waals surface area contributed by atoms with Crippen molar-refractivity contribution in [1.82, 2.24) is 4.98 Å². The Labute approximate surface area is 116 Å². The highest BCUT2D eigenvalue weighted by Crippen LogP contribution is 2.34. The molecule has 0 spiro atoms. The Kier molecular flexibility index (Phi) is 3.09. The van der Waals surface area contributed by atoms with Gasteiger partial charge in [0.15, 0.2) is 5.13 Å². The van der Waals surface area contributed by atoms with Gasteiger partial charge in [-0.25, -0.2) is 4.98 Å². The van der Waals surface area contributed by atoms with Crippen LogP contribution in [0.4, 0.5) is 15.8 Å². The topological polar surface area (TPSA) is 42.2 Å². The van der Waals surface area contributed by atoms with E-state index >= 15 is 0 Å². The summed E-state index contributed by atoms with van der Waals surface area (Å²) in [5.41, 5.74) is 6.97. The first kappa shape index (κ1) is 12.0. The maximum absolute atomic E-state index is 5.79. The average Bonchev–Trinajstić information content (AvgIpc) is 2.86. The van der Waals surface area contributed by atoms with Crippen molar-refractivity contribution in [3.05, 3.63) is 48.7 Å². The smallest absolute Gasteiger partial charge is 0.191 e. The van der Waals surface area contributed by atoms with Crippen molar-refractivity contribution in [2.75, 3.05) is 17.2 Å². The number of hydrogen-bond donors (Lipinski definition) is 1. The van der Waals surface area contributed by atoms with Crippen LogP contribution in [0.2, 0.25) is 0 Å². The number of rotatable bonds is 3. The van der Waals surface area contributed by atoms with Gasteiger partial charge in [-0.2, -0.15) is 0 Å². The van der Waals surface area contributed by atoms with E-state index in [1.807, 2.05) is 0 Å². The molecule has 0 unspecified atom stereocenters. The normalized spacial score (nSPS) is 10.8. The fourth-order valence-corrected chi connectivity index (χ4v) is 3.01. The molecule has 19 heavy (non-hydrogen) atoms. The molecule has 2 aromatic carbocycles. The van der Waals surface area contributed by atoms with Crippen LogP contribution in [0.25, 0.3) is 10.8 Å². The molecule has 0 amide bonds. The minimum Gasteiger partial charge on any atom is -0.389 e. The van der Waals surface area contributed by atoms with Gasteiger partial charge in [-0.05, 0) is 18.4 Å². The molecular formula is C15H15N3S. The fraction of sp³-hybridized carbons (Fsp3) is 0.133. The summed E-state index contributed by atoms with van der Waals surface area (Å²) in [6.45, 7) is 2.99. The maximum atomic E-state index is 5.79. The van der Waals surface area contributed by atoms with Crippen molar-refractivity contribution in [3.8, 4) is 0 Å². The lowest BCUT2D eigenvalue weighted by molar-refractivity contribution is 1.02. The van der Waals surface area contributed by atoms with E-state index in [0.717, 1.165) is 16.7 Å². The highest BCUT2D eigenvalue weighted by molar-refractivity contribution is 7.19. The first-order valence-corrected chi connectivity index (χ1v) is 7.08. The second-order valence-corrected chi connectivity index (χ2v) is 5.33. The lowest BCUT2D eigenvalue weighted by atomic mass is 10.1. The highest BCUT2D eigenvalue weighted by Gasteiger charge is 2.13. The Morgan fingerprint density at radius 3 is 2.68 bits per heavy atom. The lowest BCUT2D eigenvalue weighted by Gasteiger charge is -2.21. The molecule has 0 aliphatic rings. The molecule has 0 saturated heterocycles.